The topological polar surface area (TPSA) is 57.4 Å². The standard InChI is InChI=1S/C35H29FN4/c1-3-23(13-14-24-9-6-5-7-10-24)17-25(4-2)26-15-16-32-30(19-26)35(40-39-32)33-20-29-31(21-37-22-34(29)38-33)27-11-8-12-28(36)18-27/h3-12,15-22,38H,1,13-14H2,2H3,(H,39,40)/b23-17+,25-4+. The highest BCUT2D eigenvalue weighted by Gasteiger charge is 2.15. The molecule has 196 valence electrons. The number of H-pyrrole nitrogens is 2. The summed E-state index contributed by atoms with van der Waals surface area (Å²) in [6.45, 7) is 6.12. The van der Waals surface area contributed by atoms with E-state index in [2.05, 4.69) is 94.4 Å². The normalized spacial score (nSPS) is 12.3. The van der Waals surface area contributed by atoms with Crippen molar-refractivity contribution >= 4 is 27.4 Å². The van der Waals surface area contributed by atoms with Crippen LogP contribution in [0.2, 0.25) is 0 Å². The Hall–Kier alpha value is -5.03. The van der Waals surface area contributed by atoms with E-state index >= 15 is 0 Å². The van der Waals surface area contributed by atoms with Crippen molar-refractivity contribution < 1.29 is 4.39 Å². The SMILES string of the molecule is C=C/C(=C\C(=C/C)c1ccc2[nH]nc(-c3cc4c(-c5cccc(F)c5)cncc4[nH]3)c2c1)CCc1ccccc1. The van der Waals surface area contributed by atoms with Gasteiger partial charge in [-0.1, -0.05) is 73.3 Å². The van der Waals surface area contributed by atoms with Crippen molar-refractivity contribution in [1.82, 2.24) is 20.2 Å². The quantitative estimate of drug-likeness (QED) is 0.195. The number of halogens is 1. The van der Waals surface area contributed by atoms with Gasteiger partial charge in [0, 0.05) is 22.5 Å². The van der Waals surface area contributed by atoms with Gasteiger partial charge in [-0.15, -0.1) is 0 Å². The first kappa shape index (κ1) is 25.3. The van der Waals surface area contributed by atoms with Crippen molar-refractivity contribution in [3.05, 3.63) is 139 Å². The molecule has 0 radical (unpaired) electrons. The molecular weight excluding hydrogens is 495 g/mol. The molecule has 0 bridgehead atoms. The summed E-state index contributed by atoms with van der Waals surface area (Å²) in [6, 6.07) is 25.5. The Morgan fingerprint density at radius 2 is 1.80 bits per heavy atom. The molecule has 4 nitrogen and oxygen atoms in total. The molecule has 6 rings (SSSR count). The number of aryl methyl sites for hydroxylation is 1. The van der Waals surface area contributed by atoms with Gasteiger partial charge in [-0.3, -0.25) is 10.1 Å². The molecule has 0 aliphatic heterocycles. The lowest BCUT2D eigenvalue weighted by molar-refractivity contribution is 0.628. The third kappa shape index (κ3) is 5.02. The van der Waals surface area contributed by atoms with E-state index in [-0.39, 0.29) is 5.82 Å². The molecule has 0 unspecified atom stereocenters. The molecule has 0 atom stereocenters. The lowest BCUT2D eigenvalue weighted by Crippen LogP contribution is -1.89. The third-order valence-electron chi connectivity index (χ3n) is 7.29. The molecule has 0 aliphatic rings. The maximum Gasteiger partial charge on any atom is 0.123 e. The van der Waals surface area contributed by atoms with E-state index in [1.807, 2.05) is 18.2 Å². The fraction of sp³-hybridized carbons (Fsp3) is 0.0857. The summed E-state index contributed by atoms with van der Waals surface area (Å²) in [4.78, 5) is 7.86. The Morgan fingerprint density at radius 1 is 0.925 bits per heavy atom. The van der Waals surface area contributed by atoms with Gasteiger partial charge < -0.3 is 4.98 Å². The molecule has 40 heavy (non-hydrogen) atoms. The van der Waals surface area contributed by atoms with Crippen LogP contribution in [0.5, 0.6) is 0 Å². The zero-order valence-corrected chi connectivity index (χ0v) is 22.3. The number of benzene rings is 3. The number of aromatic nitrogens is 4. The van der Waals surface area contributed by atoms with Crippen molar-refractivity contribution in [3.63, 3.8) is 0 Å². The summed E-state index contributed by atoms with van der Waals surface area (Å²) in [5.74, 6) is -0.274. The monoisotopic (exact) mass is 524 g/mol. The van der Waals surface area contributed by atoms with E-state index in [1.165, 1.54) is 23.3 Å². The van der Waals surface area contributed by atoms with Gasteiger partial charge in [0.05, 0.1) is 22.9 Å². The molecular formula is C35H29FN4. The summed E-state index contributed by atoms with van der Waals surface area (Å²) >= 11 is 0. The first-order valence-corrected chi connectivity index (χ1v) is 13.4. The molecule has 0 spiro atoms. The largest absolute Gasteiger partial charge is 0.352 e. The second-order valence-electron chi connectivity index (χ2n) is 9.83. The number of nitrogens with one attached hydrogen (secondary N) is 2. The highest BCUT2D eigenvalue weighted by molar-refractivity contribution is 6.01. The number of fused-ring (bicyclic) bond motifs is 2. The van der Waals surface area contributed by atoms with E-state index in [4.69, 9.17) is 0 Å². The predicted octanol–water partition coefficient (Wildman–Crippen LogP) is 9.06. The minimum absolute atomic E-state index is 0.274. The summed E-state index contributed by atoms with van der Waals surface area (Å²) in [5.41, 5.74) is 9.92. The summed E-state index contributed by atoms with van der Waals surface area (Å²) in [5, 5.41) is 9.81. The van der Waals surface area contributed by atoms with Crippen LogP contribution in [0.4, 0.5) is 4.39 Å². The summed E-state index contributed by atoms with van der Waals surface area (Å²) in [6.07, 6.45) is 11.7. The number of rotatable bonds is 8. The Balaban J connectivity index is 1.35. The van der Waals surface area contributed by atoms with E-state index < -0.39 is 0 Å². The van der Waals surface area contributed by atoms with Crippen LogP contribution >= 0.6 is 0 Å². The molecule has 6 aromatic rings. The predicted molar refractivity (Wildman–Crippen MR) is 163 cm³/mol. The van der Waals surface area contributed by atoms with Gasteiger partial charge in [-0.25, -0.2) is 4.39 Å². The van der Waals surface area contributed by atoms with E-state index in [1.54, 1.807) is 18.5 Å². The highest BCUT2D eigenvalue weighted by Crippen LogP contribution is 2.34. The second-order valence-corrected chi connectivity index (χ2v) is 9.83. The van der Waals surface area contributed by atoms with Crippen molar-refractivity contribution in [3.8, 4) is 22.5 Å². The zero-order chi connectivity index (χ0) is 27.5. The first-order chi connectivity index (χ1) is 19.6. The van der Waals surface area contributed by atoms with Gasteiger partial charge in [-0.2, -0.15) is 5.10 Å². The van der Waals surface area contributed by atoms with Crippen LogP contribution in [0.25, 0.3) is 49.9 Å². The zero-order valence-electron chi connectivity index (χ0n) is 22.3. The minimum Gasteiger partial charge on any atom is -0.352 e. The summed E-state index contributed by atoms with van der Waals surface area (Å²) < 4.78 is 14.0. The number of aromatic amines is 2. The highest BCUT2D eigenvalue weighted by atomic mass is 19.1. The Kier molecular flexibility index (Phi) is 6.94. The van der Waals surface area contributed by atoms with Crippen molar-refractivity contribution in [1.29, 1.82) is 0 Å². The number of pyridine rings is 1. The molecule has 0 aliphatic carbocycles. The molecule has 0 fully saturated rings. The fourth-order valence-corrected chi connectivity index (χ4v) is 5.16. The smallest absolute Gasteiger partial charge is 0.123 e. The van der Waals surface area contributed by atoms with Crippen molar-refractivity contribution in [2.75, 3.05) is 0 Å². The lowest BCUT2D eigenvalue weighted by atomic mass is 9.97. The van der Waals surface area contributed by atoms with Gasteiger partial charge in [0.15, 0.2) is 0 Å². The Labute approximate surface area is 232 Å². The van der Waals surface area contributed by atoms with Crippen molar-refractivity contribution in [2.45, 2.75) is 19.8 Å². The maximum absolute atomic E-state index is 14.0. The lowest BCUT2D eigenvalue weighted by Gasteiger charge is -2.07. The second kappa shape index (κ2) is 11.0. The van der Waals surface area contributed by atoms with Crippen LogP contribution in [0.15, 0.2) is 122 Å². The number of nitrogens with zero attached hydrogens (tertiary/aromatic N) is 2. The molecule has 5 heteroatoms. The molecule has 0 amide bonds. The van der Waals surface area contributed by atoms with Crippen LogP contribution in [0.1, 0.15) is 24.5 Å². The minimum atomic E-state index is -0.274. The maximum atomic E-state index is 14.0. The van der Waals surface area contributed by atoms with Gasteiger partial charge in [-0.05, 0) is 77.9 Å². The van der Waals surface area contributed by atoms with Crippen LogP contribution in [0.3, 0.4) is 0 Å². The number of hydrogen-bond acceptors (Lipinski definition) is 2. The van der Waals surface area contributed by atoms with E-state index in [9.17, 15) is 4.39 Å². The number of allylic oxidation sites excluding steroid dienone is 5. The average molecular weight is 525 g/mol. The molecule has 3 aromatic carbocycles. The van der Waals surface area contributed by atoms with E-state index in [0.29, 0.717) is 0 Å². The average Bonchev–Trinajstić information content (AvgIpc) is 3.61. The van der Waals surface area contributed by atoms with Gasteiger partial charge in [0.1, 0.15) is 11.5 Å². The molecule has 2 N–H and O–H groups in total. The van der Waals surface area contributed by atoms with Crippen LogP contribution in [0, 0.1) is 5.82 Å². The molecule has 3 aromatic heterocycles. The van der Waals surface area contributed by atoms with E-state index in [0.717, 1.165) is 68.3 Å². The Morgan fingerprint density at radius 3 is 2.60 bits per heavy atom. The third-order valence-corrected chi connectivity index (χ3v) is 7.29. The number of hydrogen-bond donors (Lipinski definition) is 2. The molecule has 0 saturated carbocycles. The van der Waals surface area contributed by atoms with Crippen molar-refractivity contribution in [2.24, 2.45) is 0 Å². The fourth-order valence-electron chi connectivity index (χ4n) is 5.16. The van der Waals surface area contributed by atoms with Crippen LogP contribution < -0.4 is 0 Å². The summed E-state index contributed by atoms with van der Waals surface area (Å²) in [7, 11) is 0. The molecule has 0 saturated heterocycles. The van der Waals surface area contributed by atoms with Crippen LogP contribution in [-0.2, 0) is 6.42 Å². The van der Waals surface area contributed by atoms with Gasteiger partial charge in [0.25, 0.3) is 0 Å². The van der Waals surface area contributed by atoms with Gasteiger partial charge >= 0.3 is 0 Å². The van der Waals surface area contributed by atoms with Gasteiger partial charge in [0.2, 0.25) is 0 Å². The van der Waals surface area contributed by atoms with Crippen LogP contribution in [-0.4, -0.2) is 20.2 Å². The molecule has 3 heterocycles. The Bertz CT molecular complexity index is 1890. The first-order valence-electron chi connectivity index (χ1n) is 13.4.